The molecule has 0 amide bonds. The third-order valence-electron chi connectivity index (χ3n) is 8.21. The van der Waals surface area contributed by atoms with Crippen LogP contribution in [0.4, 0.5) is 5.69 Å². The topological polar surface area (TPSA) is 24.9 Å². The minimum atomic E-state index is 0.112. The van der Waals surface area contributed by atoms with Gasteiger partial charge in [-0.1, -0.05) is 54.9 Å². The number of methoxy groups -OCH3 is 2. The second-order valence-electron chi connectivity index (χ2n) is 10.6. The molecule has 1 saturated carbocycles. The Labute approximate surface area is 244 Å². The molecule has 1 heterocycles. The molecule has 2 fully saturated rings. The van der Waals surface area contributed by atoms with E-state index in [4.69, 9.17) is 32.7 Å². The third-order valence-corrected chi connectivity index (χ3v) is 8.87. The van der Waals surface area contributed by atoms with E-state index in [1.807, 2.05) is 32.2 Å². The molecule has 1 aliphatic carbocycles. The number of allylic oxidation sites excluding steroid dienone is 3. The van der Waals surface area contributed by atoms with E-state index in [9.17, 15) is 0 Å². The molecule has 1 aliphatic heterocycles. The zero-order valence-corrected chi connectivity index (χ0v) is 25.5. The normalized spacial score (nSPS) is 18.0. The summed E-state index contributed by atoms with van der Waals surface area (Å²) in [6.07, 6.45) is 5.41. The van der Waals surface area contributed by atoms with Gasteiger partial charge in [-0.15, -0.1) is 0 Å². The summed E-state index contributed by atoms with van der Waals surface area (Å²) in [6.45, 7) is 15.5. The lowest BCUT2D eigenvalue weighted by atomic mass is 9.88. The number of piperazine rings is 1. The van der Waals surface area contributed by atoms with Crippen molar-refractivity contribution in [3.05, 3.63) is 92.9 Å². The van der Waals surface area contributed by atoms with Gasteiger partial charge >= 0.3 is 0 Å². The summed E-state index contributed by atoms with van der Waals surface area (Å²) < 4.78 is 11.4. The van der Waals surface area contributed by atoms with Gasteiger partial charge in [-0.3, -0.25) is 4.90 Å². The monoisotopic (exact) mass is 568 g/mol. The standard InChI is InChI=1S/C33H42Cl2N2O2/c1-7-27(24(4)38-5)28-14-13-26(21-22(28)2)37-19-17-36(18-20-37)16-15-29(33(39-6)25-11-12-25)23(3)32-30(34)9-8-10-31(32)35/h7-10,13-14,21,23,25H,4,11-12,15-20H2,1-3,5-6H3/b27-7-,33-29-. The molecule has 1 unspecified atom stereocenters. The molecule has 1 saturated heterocycles. The number of nitrogens with zero attached hydrogens (tertiary/aromatic N) is 2. The lowest BCUT2D eigenvalue weighted by Gasteiger charge is -2.37. The third kappa shape index (κ3) is 6.85. The quantitative estimate of drug-likeness (QED) is 0.200. The van der Waals surface area contributed by atoms with Crippen molar-refractivity contribution in [2.75, 3.05) is 51.8 Å². The summed E-state index contributed by atoms with van der Waals surface area (Å²) in [5, 5.41) is 1.45. The first kappa shape index (κ1) is 29.6. The molecule has 0 aromatic heterocycles. The number of hydrogen-bond donors (Lipinski definition) is 0. The maximum atomic E-state index is 6.63. The van der Waals surface area contributed by atoms with Crippen molar-refractivity contribution in [3.63, 3.8) is 0 Å². The van der Waals surface area contributed by atoms with Crippen LogP contribution in [0.2, 0.25) is 10.0 Å². The maximum Gasteiger partial charge on any atom is 0.119 e. The van der Waals surface area contributed by atoms with E-state index >= 15 is 0 Å². The first-order valence-electron chi connectivity index (χ1n) is 14.0. The minimum Gasteiger partial charge on any atom is -0.501 e. The van der Waals surface area contributed by atoms with Crippen molar-refractivity contribution in [3.8, 4) is 0 Å². The van der Waals surface area contributed by atoms with Crippen LogP contribution in [0, 0.1) is 12.8 Å². The Bertz CT molecular complexity index is 1220. The van der Waals surface area contributed by atoms with Gasteiger partial charge in [-0.2, -0.15) is 0 Å². The van der Waals surface area contributed by atoms with Crippen LogP contribution in [-0.4, -0.2) is 51.8 Å². The molecule has 1 atom stereocenters. The van der Waals surface area contributed by atoms with Crippen molar-refractivity contribution < 1.29 is 9.47 Å². The Morgan fingerprint density at radius 1 is 1.05 bits per heavy atom. The average Bonchev–Trinajstić information content (AvgIpc) is 3.77. The van der Waals surface area contributed by atoms with E-state index in [0.29, 0.717) is 11.7 Å². The van der Waals surface area contributed by atoms with Gasteiger partial charge in [0.25, 0.3) is 0 Å². The van der Waals surface area contributed by atoms with E-state index in [0.717, 1.165) is 66.1 Å². The average molecular weight is 570 g/mol. The van der Waals surface area contributed by atoms with Gasteiger partial charge in [0, 0.05) is 65.9 Å². The Balaban J connectivity index is 1.42. The highest BCUT2D eigenvalue weighted by atomic mass is 35.5. The molecular weight excluding hydrogens is 527 g/mol. The molecule has 2 aromatic rings. The molecule has 2 aromatic carbocycles. The smallest absolute Gasteiger partial charge is 0.119 e. The second-order valence-corrected chi connectivity index (χ2v) is 11.4. The molecule has 210 valence electrons. The number of aryl methyl sites for hydroxylation is 1. The lowest BCUT2D eigenvalue weighted by Crippen LogP contribution is -2.46. The predicted molar refractivity (Wildman–Crippen MR) is 166 cm³/mol. The number of benzene rings is 2. The Kier molecular flexibility index (Phi) is 10.1. The fraction of sp³-hybridized carbons (Fsp3) is 0.455. The van der Waals surface area contributed by atoms with Crippen LogP contribution in [0.15, 0.2) is 66.1 Å². The summed E-state index contributed by atoms with van der Waals surface area (Å²) in [7, 11) is 3.48. The largest absolute Gasteiger partial charge is 0.501 e. The van der Waals surface area contributed by atoms with Gasteiger partial charge in [-0.05, 0) is 79.6 Å². The molecular formula is C33H42Cl2N2O2. The summed E-state index contributed by atoms with van der Waals surface area (Å²) in [4.78, 5) is 5.06. The predicted octanol–water partition coefficient (Wildman–Crippen LogP) is 8.49. The Hall–Kier alpha value is -2.40. The Morgan fingerprint density at radius 3 is 2.26 bits per heavy atom. The van der Waals surface area contributed by atoms with Crippen LogP contribution >= 0.6 is 23.2 Å². The molecule has 4 nitrogen and oxygen atoms in total. The fourth-order valence-corrected chi connectivity index (χ4v) is 6.51. The molecule has 4 rings (SSSR count). The second kappa shape index (κ2) is 13.3. The number of halogens is 2. The maximum absolute atomic E-state index is 6.63. The van der Waals surface area contributed by atoms with Crippen LogP contribution < -0.4 is 4.90 Å². The van der Waals surface area contributed by atoms with Crippen LogP contribution in [0.25, 0.3) is 5.57 Å². The van der Waals surface area contributed by atoms with Crippen LogP contribution in [0.1, 0.15) is 55.7 Å². The van der Waals surface area contributed by atoms with Crippen molar-refractivity contribution in [2.24, 2.45) is 5.92 Å². The zero-order chi connectivity index (χ0) is 28.1. The first-order valence-corrected chi connectivity index (χ1v) is 14.7. The minimum absolute atomic E-state index is 0.112. The molecule has 0 spiro atoms. The number of ether oxygens (including phenoxy) is 2. The molecule has 0 bridgehead atoms. The van der Waals surface area contributed by atoms with Crippen molar-refractivity contribution in [1.82, 2.24) is 4.90 Å². The van der Waals surface area contributed by atoms with Gasteiger partial charge in [0.2, 0.25) is 0 Å². The highest BCUT2D eigenvalue weighted by Crippen LogP contribution is 2.44. The summed E-state index contributed by atoms with van der Waals surface area (Å²) in [6, 6.07) is 12.5. The molecule has 0 radical (unpaired) electrons. The van der Waals surface area contributed by atoms with E-state index in [1.165, 1.54) is 35.2 Å². The van der Waals surface area contributed by atoms with Crippen molar-refractivity contribution in [2.45, 2.75) is 46.0 Å². The van der Waals surface area contributed by atoms with Gasteiger partial charge < -0.3 is 14.4 Å². The van der Waals surface area contributed by atoms with Gasteiger partial charge in [-0.25, -0.2) is 0 Å². The van der Waals surface area contributed by atoms with Crippen LogP contribution in [-0.2, 0) is 9.47 Å². The molecule has 6 heteroatoms. The summed E-state index contributed by atoms with van der Waals surface area (Å²) in [5.74, 6) is 2.48. The fourth-order valence-electron chi connectivity index (χ4n) is 5.79. The Morgan fingerprint density at radius 2 is 1.72 bits per heavy atom. The number of hydrogen-bond acceptors (Lipinski definition) is 4. The number of anilines is 1. The van der Waals surface area contributed by atoms with E-state index < -0.39 is 0 Å². The van der Waals surface area contributed by atoms with Gasteiger partial charge in [0.1, 0.15) is 5.76 Å². The SMILES string of the molecule is C=C(OC)/C(=C/C)c1ccc(N2CCN(CC/C(=C(/OC)C3CC3)C(C)c3c(Cl)cccc3Cl)CC2)cc1C. The molecule has 0 N–H and O–H groups in total. The van der Waals surface area contributed by atoms with Crippen molar-refractivity contribution >= 4 is 34.5 Å². The first-order chi connectivity index (χ1) is 18.8. The van der Waals surface area contributed by atoms with E-state index in [1.54, 1.807) is 7.11 Å². The van der Waals surface area contributed by atoms with Gasteiger partial charge in [0.05, 0.1) is 20.0 Å². The summed E-state index contributed by atoms with van der Waals surface area (Å²) in [5.41, 5.74) is 7.06. The van der Waals surface area contributed by atoms with E-state index in [2.05, 4.69) is 54.5 Å². The van der Waals surface area contributed by atoms with E-state index in [-0.39, 0.29) is 5.92 Å². The molecule has 2 aliphatic rings. The molecule has 39 heavy (non-hydrogen) atoms. The number of rotatable bonds is 11. The van der Waals surface area contributed by atoms with Crippen LogP contribution in [0.3, 0.4) is 0 Å². The van der Waals surface area contributed by atoms with Gasteiger partial charge in [0.15, 0.2) is 0 Å². The van der Waals surface area contributed by atoms with Crippen LogP contribution in [0.5, 0.6) is 0 Å². The highest BCUT2D eigenvalue weighted by molar-refractivity contribution is 6.36. The highest BCUT2D eigenvalue weighted by Gasteiger charge is 2.32. The lowest BCUT2D eigenvalue weighted by molar-refractivity contribution is 0.244. The summed E-state index contributed by atoms with van der Waals surface area (Å²) >= 11 is 13.3. The van der Waals surface area contributed by atoms with Crippen molar-refractivity contribution in [1.29, 1.82) is 0 Å². The zero-order valence-electron chi connectivity index (χ0n) is 24.0.